The normalized spacial score (nSPS) is 11.8. The van der Waals surface area contributed by atoms with E-state index in [-0.39, 0.29) is 5.91 Å². The number of amides is 1. The summed E-state index contributed by atoms with van der Waals surface area (Å²) in [6.45, 7) is 2.37. The summed E-state index contributed by atoms with van der Waals surface area (Å²) in [7, 11) is 1.67. The minimum Gasteiger partial charge on any atom is -0.496 e. The summed E-state index contributed by atoms with van der Waals surface area (Å²) in [5.41, 5.74) is 1.15. The summed E-state index contributed by atoms with van der Waals surface area (Å²) >= 11 is 0. The SMILES string of the molecule is COc1ccccc1CCCNC(=O)[C@@H](C)Oc1ccc2ccccc2c1. The summed E-state index contributed by atoms with van der Waals surface area (Å²) in [6, 6.07) is 21.9. The molecular weight excluding hydrogens is 338 g/mol. The number of carbonyl (C=O) groups is 1. The Morgan fingerprint density at radius 1 is 1.00 bits per heavy atom. The van der Waals surface area contributed by atoms with Gasteiger partial charge in [0, 0.05) is 6.54 Å². The number of benzene rings is 3. The Morgan fingerprint density at radius 2 is 1.74 bits per heavy atom. The molecule has 140 valence electrons. The van der Waals surface area contributed by atoms with Crippen LogP contribution in [0.1, 0.15) is 18.9 Å². The highest BCUT2D eigenvalue weighted by Gasteiger charge is 2.14. The van der Waals surface area contributed by atoms with Crippen molar-refractivity contribution < 1.29 is 14.3 Å². The van der Waals surface area contributed by atoms with Crippen LogP contribution in [0.4, 0.5) is 0 Å². The summed E-state index contributed by atoms with van der Waals surface area (Å²) in [5, 5.41) is 5.19. The lowest BCUT2D eigenvalue weighted by Crippen LogP contribution is -2.36. The van der Waals surface area contributed by atoms with E-state index >= 15 is 0 Å². The van der Waals surface area contributed by atoms with Gasteiger partial charge in [0.2, 0.25) is 0 Å². The standard InChI is InChI=1S/C23H25NO3/c1-17(27-21-14-13-18-8-3-4-10-20(18)16-21)23(25)24-15-7-11-19-9-5-6-12-22(19)26-2/h3-6,8-10,12-14,16-17H,7,11,15H2,1-2H3,(H,24,25)/t17-/m1/s1. The maximum Gasteiger partial charge on any atom is 0.260 e. The molecular formula is C23H25NO3. The van der Waals surface area contributed by atoms with Crippen LogP contribution in [-0.4, -0.2) is 25.7 Å². The van der Waals surface area contributed by atoms with Crippen molar-refractivity contribution >= 4 is 16.7 Å². The molecule has 0 aliphatic heterocycles. The fourth-order valence-corrected chi connectivity index (χ4v) is 3.04. The van der Waals surface area contributed by atoms with E-state index in [1.54, 1.807) is 14.0 Å². The number of nitrogens with one attached hydrogen (secondary N) is 1. The van der Waals surface area contributed by atoms with Gasteiger partial charge in [0.15, 0.2) is 6.10 Å². The molecule has 1 N–H and O–H groups in total. The predicted molar refractivity (Wildman–Crippen MR) is 108 cm³/mol. The molecule has 0 unspecified atom stereocenters. The largest absolute Gasteiger partial charge is 0.496 e. The van der Waals surface area contributed by atoms with Gasteiger partial charge >= 0.3 is 0 Å². The van der Waals surface area contributed by atoms with Crippen molar-refractivity contribution in [2.45, 2.75) is 25.9 Å². The first-order valence-corrected chi connectivity index (χ1v) is 9.22. The molecule has 3 aromatic carbocycles. The number of methoxy groups -OCH3 is 1. The molecule has 0 fully saturated rings. The van der Waals surface area contributed by atoms with Gasteiger partial charge in [-0.3, -0.25) is 4.79 Å². The molecule has 0 saturated carbocycles. The van der Waals surface area contributed by atoms with Crippen molar-refractivity contribution in [3.05, 3.63) is 72.3 Å². The first-order valence-electron chi connectivity index (χ1n) is 9.22. The highest BCUT2D eigenvalue weighted by atomic mass is 16.5. The average Bonchev–Trinajstić information content (AvgIpc) is 2.71. The molecule has 0 aliphatic rings. The second kappa shape index (κ2) is 9.08. The fourth-order valence-electron chi connectivity index (χ4n) is 3.04. The molecule has 0 aromatic heterocycles. The van der Waals surface area contributed by atoms with Crippen molar-refractivity contribution in [2.75, 3.05) is 13.7 Å². The van der Waals surface area contributed by atoms with E-state index in [1.165, 1.54) is 0 Å². The van der Waals surface area contributed by atoms with E-state index in [4.69, 9.17) is 9.47 Å². The van der Waals surface area contributed by atoms with Crippen LogP contribution in [0.2, 0.25) is 0 Å². The first-order chi connectivity index (χ1) is 13.2. The Morgan fingerprint density at radius 3 is 2.56 bits per heavy atom. The Bertz CT molecular complexity index is 907. The quantitative estimate of drug-likeness (QED) is 0.605. The lowest BCUT2D eigenvalue weighted by molar-refractivity contribution is -0.127. The van der Waals surface area contributed by atoms with Crippen molar-refractivity contribution in [1.29, 1.82) is 0 Å². The van der Waals surface area contributed by atoms with Gasteiger partial charge in [0.25, 0.3) is 5.91 Å². The van der Waals surface area contributed by atoms with E-state index in [1.807, 2.05) is 60.7 Å². The minimum atomic E-state index is -0.544. The number of hydrogen-bond acceptors (Lipinski definition) is 3. The second-order valence-corrected chi connectivity index (χ2v) is 6.48. The number of fused-ring (bicyclic) bond motifs is 1. The van der Waals surface area contributed by atoms with E-state index in [0.29, 0.717) is 12.3 Å². The van der Waals surface area contributed by atoms with Crippen molar-refractivity contribution in [2.24, 2.45) is 0 Å². The van der Waals surface area contributed by atoms with Crippen LogP contribution in [-0.2, 0) is 11.2 Å². The summed E-state index contributed by atoms with van der Waals surface area (Å²) in [6.07, 6.45) is 1.15. The molecule has 4 nitrogen and oxygen atoms in total. The van der Waals surface area contributed by atoms with Gasteiger partial charge in [-0.15, -0.1) is 0 Å². The number of para-hydroxylation sites is 1. The second-order valence-electron chi connectivity index (χ2n) is 6.48. The summed E-state index contributed by atoms with van der Waals surface area (Å²) in [5.74, 6) is 1.48. The molecule has 1 amide bonds. The zero-order chi connectivity index (χ0) is 19.1. The Balaban J connectivity index is 1.47. The molecule has 3 aromatic rings. The van der Waals surface area contributed by atoms with Gasteiger partial charge in [-0.2, -0.15) is 0 Å². The zero-order valence-electron chi connectivity index (χ0n) is 15.8. The third kappa shape index (κ3) is 5.00. The highest BCUT2D eigenvalue weighted by molar-refractivity contribution is 5.84. The summed E-state index contributed by atoms with van der Waals surface area (Å²) < 4.78 is 11.2. The van der Waals surface area contributed by atoms with Crippen LogP contribution in [0.25, 0.3) is 10.8 Å². The third-order valence-electron chi connectivity index (χ3n) is 4.52. The average molecular weight is 363 g/mol. The number of carbonyl (C=O) groups excluding carboxylic acids is 1. The van der Waals surface area contributed by atoms with Gasteiger partial charge in [0.05, 0.1) is 7.11 Å². The minimum absolute atomic E-state index is 0.108. The summed E-state index contributed by atoms with van der Waals surface area (Å²) in [4.78, 5) is 12.3. The van der Waals surface area contributed by atoms with Gasteiger partial charge in [0.1, 0.15) is 11.5 Å². The van der Waals surface area contributed by atoms with E-state index in [9.17, 15) is 4.79 Å². The maximum absolute atomic E-state index is 12.3. The Kier molecular flexibility index (Phi) is 6.31. The van der Waals surface area contributed by atoms with Crippen LogP contribution in [0.5, 0.6) is 11.5 Å². The third-order valence-corrected chi connectivity index (χ3v) is 4.52. The molecule has 0 saturated heterocycles. The smallest absolute Gasteiger partial charge is 0.260 e. The lowest BCUT2D eigenvalue weighted by Gasteiger charge is -2.15. The number of hydrogen-bond donors (Lipinski definition) is 1. The molecule has 1 atom stereocenters. The number of rotatable bonds is 8. The van der Waals surface area contributed by atoms with Crippen molar-refractivity contribution in [3.8, 4) is 11.5 Å². The number of aryl methyl sites for hydroxylation is 1. The molecule has 0 radical (unpaired) electrons. The molecule has 0 heterocycles. The maximum atomic E-state index is 12.3. The van der Waals surface area contributed by atoms with Crippen LogP contribution in [0, 0.1) is 0 Å². The van der Waals surface area contributed by atoms with Crippen LogP contribution in [0.3, 0.4) is 0 Å². The van der Waals surface area contributed by atoms with Crippen LogP contribution in [0.15, 0.2) is 66.7 Å². The molecule has 27 heavy (non-hydrogen) atoms. The van der Waals surface area contributed by atoms with Crippen molar-refractivity contribution in [1.82, 2.24) is 5.32 Å². The van der Waals surface area contributed by atoms with E-state index in [2.05, 4.69) is 11.4 Å². The first kappa shape index (κ1) is 18.8. The molecule has 4 heteroatoms. The van der Waals surface area contributed by atoms with Gasteiger partial charge in [-0.05, 0) is 54.3 Å². The lowest BCUT2D eigenvalue weighted by atomic mass is 10.1. The van der Waals surface area contributed by atoms with E-state index in [0.717, 1.165) is 34.9 Å². The van der Waals surface area contributed by atoms with Gasteiger partial charge in [-0.1, -0.05) is 48.5 Å². The predicted octanol–water partition coefficient (Wildman–Crippen LogP) is 4.36. The van der Waals surface area contributed by atoms with Gasteiger partial charge in [-0.25, -0.2) is 0 Å². The van der Waals surface area contributed by atoms with Crippen molar-refractivity contribution in [3.63, 3.8) is 0 Å². The van der Waals surface area contributed by atoms with Gasteiger partial charge < -0.3 is 14.8 Å². The Labute approximate surface area is 160 Å². The highest BCUT2D eigenvalue weighted by Crippen LogP contribution is 2.21. The Hall–Kier alpha value is -3.01. The molecule has 0 aliphatic carbocycles. The number of ether oxygens (including phenoxy) is 2. The van der Waals surface area contributed by atoms with Crippen LogP contribution < -0.4 is 14.8 Å². The molecule has 3 rings (SSSR count). The molecule has 0 spiro atoms. The van der Waals surface area contributed by atoms with E-state index < -0.39 is 6.10 Å². The monoisotopic (exact) mass is 363 g/mol. The topological polar surface area (TPSA) is 47.6 Å². The zero-order valence-corrected chi connectivity index (χ0v) is 15.8. The molecule has 0 bridgehead atoms. The fraction of sp³-hybridized carbons (Fsp3) is 0.261. The van der Waals surface area contributed by atoms with Crippen LogP contribution >= 0.6 is 0 Å².